The molecule has 0 aliphatic carbocycles. The fourth-order valence-electron chi connectivity index (χ4n) is 1.35. The molecule has 1 rings (SSSR count). The van der Waals surface area contributed by atoms with Gasteiger partial charge in [-0.15, -0.1) is 0 Å². The van der Waals surface area contributed by atoms with Crippen LogP contribution in [0.15, 0.2) is 12.4 Å². The predicted molar refractivity (Wildman–Crippen MR) is 58.0 cm³/mol. The molecule has 13 heavy (non-hydrogen) atoms. The first-order valence-corrected chi connectivity index (χ1v) is 5.82. The maximum atomic E-state index is 4.33. The number of aryl methyl sites for hydroxylation is 1. The summed E-state index contributed by atoms with van der Waals surface area (Å²) in [6, 6.07) is 0.382. The lowest BCUT2D eigenvalue weighted by Crippen LogP contribution is -2.20. The van der Waals surface area contributed by atoms with Crippen molar-refractivity contribution in [1.82, 2.24) is 14.9 Å². The highest BCUT2D eigenvalue weighted by atomic mass is 32.2. The monoisotopic (exact) mass is 199 g/mol. The minimum atomic E-state index is 0.382. The first-order chi connectivity index (χ1) is 6.29. The molecule has 74 valence electrons. The molecule has 1 aromatic rings. The van der Waals surface area contributed by atoms with E-state index in [1.807, 2.05) is 38.3 Å². The SMILES string of the molecule is CNC(CCSC)c1nccn1C. The zero-order valence-corrected chi connectivity index (χ0v) is 9.27. The number of nitrogens with zero attached hydrogens (tertiary/aromatic N) is 2. The van der Waals surface area contributed by atoms with Crippen LogP contribution < -0.4 is 5.32 Å². The first-order valence-electron chi connectivity index (χ1n) is 4.43. The number of imidazole rings is 1. The van der Waals surface area contributed by atoms with Crippen molar-refractivity contribution in [2.45, 2.75) is 12.5 Å². The summed E-state index contributed by atoms with van der Waals surface area (Å²) in [4.78, 5) is 4.33. The van der Waals surface area contributed by atoms with Gasteiger partial charge in [-0.3, -0.25) is 0 Å². The van der Waals surface area contributed by atoms with E-state index in [1.54, 1.807) is 0 Å². The summed E-state index contributed by atoms with van der Waals surface area (Å²) in [6.07, 6.45) is 7.09. The standard InChI is InChI=1S/C9H17N3S/c1-10-8(4-7-13-3)9-11-5-6-12(9)2/h5-6,8,10H,4,7H2,1-3H3. The molecule has 1 heterocycles. The molecule has 0 saturated heterocycles. The Morgan fingerprint density at radius 2 is 2.46 bits per heavy atom. The summed E-state index contributed by atoms with van der Waals surface area (Å²) in [7, 11) is 4.02. The van der Waals surface area contributed by atoms with Crippen LogP contribution in [0, 0.1) is 0 Å². The van der Waals surface area contributed by atoms with E-state index in [1.165, 1.54) is 5.75 Å². The Morgan fingerprint density at radius 3 is 2.92 bits per heavy atom. The van der Waals surface area contributed by atoms with Crippen LogP contribution in [0.4, 0.5) is 0 Å². The van der Waals surface area contributed by atoms with Gasteiger partial charge in [-0.1, -0.05) is 0 Å². The number of nitrogens with one attached hydrogen (secondary N) is 1. The third-order valence-corrected chi connectivity index (χ3v) is 2.77. The van der Waals surface area contributed by atoms with Gasteiger partial charge in [0.25, 0.3) is 0 Å². The Hall–Kier alpha value is -0.480. The molecular formula is C9H17N3S. The van der Waals surface area contributed by atoms with Gasteiger partial charge < -0.3 is 9.88 Å². The molecule has 1 unspecified atom stereocenters. The molecule has 0 saturated carbocycles. The number of hydrogen-bond donors (Lipinski definition) is 1. The zero-order valence-electron chi connectivity index (χ0n) is 8.45. The Labute approximate surface area is 83.9 Å². The molecule has 4 heteroatoms. The van der Waals surface area contributed by atoms with Gasteiger partial charge in [-0.05, 0) is 25.5 Å². The molecule has 0 aliphatic heterocycles. The Balaban J connectivity index is 2.61. The van der Waals surface area contributed by atoms with E-state index in [4.69, 9.17) is 0 Å². The topological polar surface area (TPSA) is 29.9 Å². The molecule has 0 amide bonds. The second-order valence-electron chi connectivity index (χ2n) is 3.02. The lowest BCUT2D eigenvalue weighted by Gasteiger charge is -2.14. The Bertz CT molecular complexity index is 247. The fraction of sp³-hybridized carbons (Fsp3) is 0.667. The molecule has 0 aromatic carbocycles. The highest BCUT2D eigenvalue weighted by Gasteiger charge is 2.12. The van der Waals surface area contributed by atoms with E-state index in [2.05, 4.69) is 21.1 Å². The van der Waals surface area contributed by atoms with Gasteiger partial charge in [0, 0.05) is 19.4 Å². The third-order valence-electron chi connectivity index (χ3n) is 2.13. The number of rotatable bonds is 5. The summed E-state index contributed by atoms with van der Waals surface area (Å²) < 4.78 is 2.07. The van der Waals surface area contributed by atoms with E-state index in [9.17, 15) is 0 Å². The van der Waals surface area contributed by atoms with E-state index >= 15 is 0 Å². The maximum Gasteiger partial charge on any atom is 0.125 e. The minimum Gasteiger partial charge on any atom is -0.337 e. The highest BCUT2D eigenvalue weighted by Crippen LogP contribution is 2.15. The first kappa shape index (κ1) is 10.6. The van der Waals surface area contributed by atoms with Gasteiger partial charge in [0.05, 0.1) is 6.04 Å². The van der Waals surface area contributed by atoms with Crippen LogP contribution >= 0.6 is 11.8 Å². The molecule has 1 atom stereocenters. The zero-order chi connectivity index (χ0) is 9.68. The summed E-state index contributed by atoms with van der Waals surface area (Å²) in [5.74, 6) is 2.29. The Morgan fingerprint density at radius 1 is 1.69 bits per heavy atom. The van der Waals surface area contributed by atoms with E-state index in [-0.39, 0.29) is 0 Å². The van der Waals surface area contributed by atoms with Crippen molar-refractivity contribution in [2.75, 3.05) is 19.1 Å². The average Bonchev–Trinajstić information content (AvgIpc) is 2.54. The summed E-state index contributed by atoms with van der Waals surface area (Å²) in [6.45, 7) is 0. The molecular weight excluding hydrogens is 182 g/mol. The number of hydrogen-bond acceptors (Lipinski definition) is 3. The van der Waals surface area contributed by atoms with Gasteiger partial charge in [0.2, 0.25) is 0 Å². The molecule has 1 aromatic heterocycles. The maximum absolute atomic E-state index is 4.33. The minimum absolute atomic E-state index is 0.382. The third kappa shape index (κ3) is 2.74. The molecule has 0 bridgehead atoms. The lowest BCUT2D eigenvalue weighted by atomic mass is 10.2. The van der Waals surface area contributed by atoms with Gasteiger partial charge in [-0.25, -0.2) is 4.98 Å². The van der Waals surface area contributed by atoms with Crippen LogP contribution in [0.2, 0.25) is 0 Å². The normalized spacial score (nSPS) is 13.2. The predicted octanol–water partition coefficient (Wildman–Crippen LogP) is 1.43. The van der Waals surface area contributed by atoms with Gasteiger partial charge >= 0.3 is 0 Å². The van der Waals surface area contributed by atoms with Crippen molar-refractivity contribution >= 4 is 11.8 Å². The molecule has 1 N–H and O–H groups in total. The fourth-order valence-corrected chi connectivity index (χ4v) is 1.82. The van der Waals surface area contributed by atoms with Crippen molar-refractivity contribution in [2.24, 2.45) is 7.05 Å². The number of aromatic nitrogens is 2. The smallest absolute Gasteiger partial charge is 0.125 e. The summed E-state index contributed by atoms with van der Waals surface area (Å²) in [5, 5.41) is 3.28. The van der Waals surface area contributed by atoms with Crippen LogP contribution in [0.1, 0.15) is 18.3 Å². The summed E-state index contributed by atoms with van der Waals surface area (Å²) in [5.41, 5.74) is 0. The van der Waals surface area contributed by atoms with Crippen molar-refractivity contribution in [3.05, 3.63) is 18.2 Å². The largest absolute Gasteiger partial charge is 0.337 e. The van der Waals surface area contributed by atoms with Crippen LogP contribution in [0.25, 0.3) is 0 Å². The van der Waals surface area contributed by atoms with Crippen molar-refractivity contribution in [3.8, 4) is 0 Å². The average molecular weight is 199 g/mol. The van der Waals surface area contributed by atoms with Gasteiger partial charge in [0.1, 0.15) is 5.82 Å². The second-order valence-corrected chi connectivity index (χ2v) is 4.00. The Kier molecular flexibility index (Phi) is 4.32. The van der Waals surface area contributed by atoms with E-state index in [0.717, 1.165) is 12.2 Å². The van der Waals surface area contributed by atoms with Crippen LogP contribution in [-0.4, -0.2) is 28.6 Å². The molecule has 0 radical (unpaired) electrons. The highest BCUT2D eigenvalue weighted by molar-refractivity contribution is 7.98. The van der Waals surface area contributed by atoms with Gasteiger partial charge in [-0.2, -0.15) is 11.8 Å². The molecule has 3 nitrogen and oxygen atoms in total. The summed E-state index contributed by atoms with van der Waals surface area (Å²) >= 11 is 1.87. The van der Waals surface area contributed by atoms with Crippen molar-refractivity contribution in [1.29, 1.82) is 0 Å². The number of thioether (sulfide) groups is 1. The van der Waals surface area contributed by atoms with Crippen molar-refractivity contribution < 1.29 is 0 Å². The quantitative estimate of drug-likeness (QED) is 0.778. The molecule has 0 fully saturated rings. The van der Waals surface area contributed by atoms with Crippen LogP contribution in [0.5, 0.6) is 0 Å². The molecule has 0 spiro atoms. The van der Waals surface area contributed by atoms with E-state index in [0.29, 0.717) is 6.04 Å². The van der Waals surface area contributed by atoms with Crippen LogP contribution in [-0.2, 0) is 7.05 Å². The molecule has 0 aliphatic rings. The second kappa shape index (κ2) is 5.29. The van der Waals surface area contributed by atoms with Crippen molar-refractivity contribution in [3.63, 3.8) is 0 Å². The van der Waals surface area contributed by atoms with Crippen LogP contribution in [0.3, 0.4) is 0 Å². The lowest BCUT2D eigenvalue weighted by molar-refractivity contribution is 0.530. The van der Waals surface area contributed by atoms with E-state index < -0.39 is 0 Å². The van der Waals surface area contributed by atoms with Gasteiger partial charge in [0.15, 0.2) is 0 Å².